The lowest BCUT2D eigenvalue weighted by atomic mass is 10.1. The first-order valence-corrected chi connectivity index (χ1v) is 6.96. The van der Waals surface area contributed by atoms with Gasteiger partial charge in [0.25, 0.3) is 0 Å². The summed E-state index contributed by atoms with van der Waals surface area (Å²) in [5.41, 5.74) is 6.78. The molecule has 4 atom stereocenters. The van der Waals surface area contributed by atoms with Crippen molar-refractivity contribution in [1.29, 1.82) is 0 Å². The summed E-state index contributed by atoms with van der Waals surface area (Å²) in [7, 11) is 0. The summed E-state index contributed by atoms with van der Waals surface area (Å²) in [6, 6.07) is 0. The molecule has 3 aromatic rings. The van der Waals surface area contributed by atoms with E-state index in [1.165, 1.54) is 17.2 Å². The maximum Gasteiger partial charge on any atom is 0.166 e. The van der Waals surface area contributed by atoms with Crippen molar-refractivity contribution in [2.75, 3.05) is 12.3 Å². The van der Waals surface area contributed by atoms with Gasteiger partial charge in [-0.1, -0.05) is 0 Å². The number of ether oxygens (including phenoxy) is 1. The van der Waals surface area contributed by atoms with Crippen LogP contribution in [0.4, 0.5) is 5.82 Å². The molecule has 0 unspecified atom stereocenters. The van der Waals surface area contributed by atoms with Crippen molar-refractivity contribution in [1.82, 2.24) is 24.5 Å². The third-order valence-corrected chi connectivity index (χ3v) is 4.05. The lowest BCUT2D eigenvalue weighted by Crippen LogP contribution is -2.33. The van der Waals surface area contributed by atoms with Crippen LogP contribution in [0.5, 0.6) is 0 Å². The largest absolute Gasteiger partial charge is 0.394 e. The molecular formula is C13H14N6O4. The van der Waals surface area contributed by atoms with E-state index in [0.29, 0.717) is 22.1 Å². The molecule has 1 fully saturated rings. The molecule has 4 heterocycles. The third kappa shape index (κ3) is 1.90. The van der Waals surface area contributed by atoms with Gasteiger partial charge in [0.1, 0.15) is 48.1 Å². The van der Waals surface area contributed by atoms with Crippen LogP contribution >= 0.6 is 0 Å². The highest BCUT2D eigenvalue weighted by atomic mass is 16.6. The van der Waals surface area contributed by atoms with E-state index in [0.717, 1.165) is 0 Å². The van der Waals surface area contributed by atoms with Gasteiger partial charge in [0.05, 0.1) is 17.4 Å². The predicted molar refractivity (Wildman–Crippen MR) is 78.0 cm³/mol. The van der Waals surface area contributed by atoms with Crippen molar-refractivity contribution < 1.29 is 20.1 Å². The van der Waals surface area contributed by atoms with E-state index in [9.17, 15) is 15.3 Å². The number of hydrogen-bond donors (Lipinski definition) is 4. The first-order chi connectivity index (χ1) is 11.1. The van der Waals surface area contributed by atoms with Crippen LogP contribution < -0.4 is 5.73 Å². The van der Waals surface area contributed by atoms with Gasteiger partial charge in [-0.2, -0.15) is 0 Å². The predicted octanol–water partition coefficient (Wildman–Crippen LogP) is -1.43. The molecular weight excluding hydrogens is 304 g/mol. The van der Waals surface area contributed by atoms with Crippen molar-refractivity contribution in [2.45, 2.75) is 24.5 Å². The Balaban J connectivity index is 2.01. The maximum atomic E-state index is 10.3. The summed E-state index contributed by atoms with van der Waals surface area (Å²) in [5.74, 6) is 0.250. The normalized spacial score (nSPS) is 28.0. The van der Waals surface area contributed by atoms with Gasteiger partial charge in [0.15, 0.2) is 6.23 Å². The summed E-state index contributed by atoms with van der Waals surface area (Å²) < 4.78 is 7.12. The van der Waals surface area contributed by atoms with E-state index in [4.69, 9.17) is 10.5 Å². The standard InChI is InChI=1S/C13H14N6O4/c14-10-7-5-1-15-3-17-11(5)19(12(7)18-4-16-10)13-9(22)8(21)6(2-20)23-13/h1,3-4,6,8-9,13,20-22H,2H2,(H2,14,16,18)/t6-,8+,9-,13-/m0/s1. The van der Waals surface area contributed by atoms with Gasteiger partial charge in [-0.05, 0) is 0 Å². The van der Waals surface area contributed by atoms with Crippen molar-refractivity contribution in [2.24, 2.45) is 0 Å². The van der Waals surface area contributed by atoms with E-state index in [1.54, 1.807) is 6.20 Å². The second-order valence-corrected chi connectivity index (χ2v) is 5.32. The van der Waals surface area contributed by atoms with Gasteiger partial charge in [-0.15, -0.1) is 0 Å². The molecule has 0 bridgehead atoms. The van der Waals surface area contributed by atoms with Crippen molar-refractivity contribution >= 4 is 27.9 Å². The van der Waals surface area contributed by atoms with Gasteiger partial charge in [-0.3, -0.25) is 4.57 Å². The Labute approximate surface area is 129 Å². The molecule has 0 amide bonds. The van der Waals surface area contributed by atoms with Crippen molar-refractivity contribution in [3.05, 3.63) is 18.9 Å². The molecule has 23 heavy (non-hydrogen) atoms. The number of anilines is 1. The van der Waals surface area contributed by atoms with Gasteiger partial charge < -0.3 is 25.8 Å². The van der Waals surface area contributed by atoms with Crippen molar-refractivity contribution in [3.8, 4) is 0 Å². The number of aliphatic hydroxyl groups excluding tert-OH is 3. The highest BCUT2D eigenvalue weighted by Gasteiger charge is 2.44. The van der Waals surface area contributed by atoms with Crippen LogP contribution in [0.15, 0.2) is 18.9 Å². The number of rotatable bonds is 2. The fraction of sp³-hybridized carbons (Fsp3) is 0.385. The quantitative estimate of drug-likeness (QED) is 0.445. The average Bonchev–Trinajstić information content (AvgIpc) is 3.04. The van der Waals surface area contributed by atoms with Crippen molar-refractivity contribution in [3.63, 3.8) is 0 Å². The Morgan fingerprint density at radius 3 is 2.65 bits per heavy atom. The third-order valence-electron chi connectivity index (χ3n) is 4.05. The van der Waals surface area contributed by atoms with E-state index >= 15 is 0 Å². The van der Waals surface area contributed by atoms with Gasteiger partial charge in [0.2, 0.25) is 0 Å². The number of hydrogen-bond acceptors (Lipinski definition) is 9. The average molecular weight is 318 g/mol. The number of aromatic nitrogens is 5. The highest BCUT2D eigenvalue weighted by molar-refractivity contribution is 6.09. The number of nitrogens with two attached hydrogens (primary N) is 1. The van der Waals surface area contributed by atoms with E-state index in [1.807, 2.05) is 0 Å². The second-order valence-electron chi connectivity index (χ2n) is 5.32. The lowest BCUT2D eigenvalue weighted by Gasteiger charge is -2.17. The monoisotopic (exact) mass is 318 g/mol. The van der Waals surface area contributed by atoms with E-state index in [-0.39, 0.29) is 5.82 Å². The van der Waals surface area contributed by atoms with E-state index < -0.39 is 31.1 Å². The summed E-state index contributed by atoms with van der Waals surface area (Å²) in [6.45, 7) is -0.419. The van der Waals surface area contributed by atoms with Crippen LogP contribution in [-0.4, -0.2) is 64.7 Å². The van der Waals surface area contributed by atoms with Gasteiger partial charge in [-0.25, -0.2) is 19.9 Å². The molecule has 120 valence electrons. The first kappa shape index (κ1) is 14.2. The molecule has 4 rings (SSSR count). The van der Waals surface area contributed by atoms with Crippen LogP contribution in [0.1, 0.15) is 6.23 Å². The summed E-state index contributed by atoms with van der Waals surface area (Å²) in [5, 5.41) is 30.7. The van der Waals surface area contributed by atoms with E-state index in [2.05, 4.69) is 19.9 Å². The van der Waals surface area contributed by atoms with Crippen LogP contribution in [0, 0.1) is 0 Å². The van der Waals surface area contributed by atoms with Crippen LogP contribution in [0.3, 0.4) is 0 Å². The molecule has 1 aliphatic heterocycles. The number of nitrogen functional groups attached to an aromatic ring is 1. The first-order valence-electron chi connectivity index (χ1n) is 6.96. The molecule has 0 spiro atoms. The molecule has 10 nitrogen and oxygen atoms in total. The summed E-state index contributed by atoms with van der Waals surface area (Å²) in [6.07, 6.45) is -0.127. The SMILES string of the molecule is Nc1ncnc2c1c1cncnc1n2[C@H]1O[C@@H](CO)[C@@H](O)[C@@H]1O. The Hall–Kier alpha value is -2.40. The Kier molecular flexibility index (Phi) is 3.13. The smallest absolute Gasteiger partial charge is 0.166 e. The minimum atomic E-state index is -1.25. The van der Waals surface area contributed by atoms with Gasteiger partial charge >= 0.3 is 0 Å². The number of fused-ring (bicyclic) bond motifs is 3. The molecule has 1 saturated heterocycles. The van der Waals surface area contributed by atoms with Crippen LogP contribution in [0.25, 0.3) is 22.1 Å². The molecule has 0 aromatic carbocycles. The molecule has 0 aliphatic carbocycles. The van der Waals surface area contributed by atoms with Crippen LogP contribution in [0.2, 0.25) is 0 Å². The zero-order valence-electron chi connectivity index (χ0n) is 11.8. The topological polar surface area (TPSA) is 152 Å². The number of nitrogens with zero attached hydrogens (tertiary/aromatic N) is 5. The minimum absolute atomic E-state index is 0.250. The Bertz CT molecular complexity index is 883. The molecule has 1 aliphatic rings. The zero-order valence-corrected chi connectivity index (χ0v) is 11.8. The summed E-state index contributed by atoms with van der Waals surface area (Å²) in [4.78, 5) is 16.4. The number of aliphatic hydroxyl groups is 3. The molecule has 0 radical (unpaired) electrons. The molecule has 3 aromatic heterocycles. The summed E-state index contributed by atoms with van der Waals surface area (Å²) >= 11 is 0. The lowest BCUT2D eigenvalue weighted by molar-refractivity contribution is -0.0492. The molecule has 5 N–H and O–H groups in total. The van der Waals surface area contributed by atoms with Crippen LogP contribution in [-0.2, 0) is 4.74 Å². The second kappa shape index (κ2) is 5.06. The fourth-order valence-electron chi connectivity index (χ4n) is 2.96. The Morgan fingerprint density at radius 1 is 1.13 bits per heavy atom. The highest BCUT2D eigenvalue weighted by Crippen LogP contribution is 2.37. The fourth-order valence-corrected chi connectivity index (χ4v) is 2.96. The molecule has 0 saturated carbocycles. The molecule has 10 heteroatoms. The maximum absolute atomic E-state index is 10.3. The Morgan fingerprint density at radius 2 is 1.91 bits per heavy atom. The minimum Gasteiger partial charge on any atom is -0.394 e. The zero-order chi connectivity index (χ0) is 16.1. The van der Waals surface area contributed by atoms with Gasteiger partial charge in [0, 0.05) is 6.20 Å².